The van der Waals surface area contributed by atoms with Crippen molar-refractivity contribution in [3.05, 3.63) is 96.7 Å². The highest BCUT2D eigenvalue weighted by Crippen LogP contribution is 2.30. The fourth-order valence-corrected chi connectivity index (χ4v) is 2.36. The molecule has 0 aliphatic carbocycles. The third-order valence-electron chi connectivity index (χ3n) is 3.35. The Kier molecular flexibility index (Phi) is 5.79. The Bertz CT molecular complexity index is 665. The number of allylic oxidation sites excluding steroid dienone is 4. The van der Waals surface area contributed by atoms with Gasteiger partial charge < -0.3 is 4.90 Å². The molecule has 0 unspecified atom stereocenters. The molecule has 0 radical (unpaired) electrons. The highest BCUT2D eigenvalue weighted by molar-refractivity contribution is 5.70. The molecule has 0 atom stereocenters. The van der Waals surface area contributed by atoms with Gasteiger partial charge in [-0.1, -0.05) is 56.0 Å². The molecule has 0 heterocycles. The minimum atomic E-state index is 1.00. The molecule has 22 heavy (non-hydrogen) atoms. The molecule has 0 bridgehead atoms. The Morgan fingerprint density at radius 1 is 1.05 bits per heavy atom. The van der Waals surface area contributed by atoms with Crippen molar-refractivity contribution >= 4 is 11.4 Å². The summed E-state index contributed by atoms with van der Waals surface area (Å²) in [6.07, 6.45) is 9.20. The third kappa shape index (κ3) is 3.98. The van der Waals surface area contributed by atoms with Crippen molar-refractivity contribution in [1.82, 2.24) is 0 Å². The SMILES string of the molecule is C=C/C=C(\C=C/CC)N(c1ccccc1)c1cccc(C)c1. The van der Waals surface area contributed by atoms with E-state index in [1.54, 1.807) is 0 Å². The van der Waals surface area contributed by atoms with Crippen molar-refractivity contribution < 1.29 is 0 Å². The zero-order valence-corrected chi connectivity index (χ0v) is 13.4. The monoisotopic (exact) mass is 289 g/mol. The first-order valence-corrected chi connectivity index (χ1v) is 7.67. The van der Waals surface area contributed by atoms with Crippen LogP contribution < -0.4 is 4.90 Å². The van der Waals surface area contributed by atoms with E-state index >= 15 is 0 Å². The maximum absolute atomic E-state index is 3.86. The molecule has 1 heteroatoms. The second-order valence-electron chi connectivity index (χ2n) is 5.15. The molecule has 112 valence electrons. The standard InChI is InChI=1S/C21H23N/c1-4-6-13-19(11-5-2)22(20-14-8-7-9-15-20)21-16-10-12-18(3)17-21/h5-17H,2,4H2,1,3H3/b13-6-,19-11+. The lowest BCUT2D eigenvalue weighted by Gasteiger charge is -2.26. The first kappa shape index (κ1) is 15.8. The van der Waals surface area contributed by atoms with Gasteiger partial charge in [-0.3, -0.25) is 0 Å². The summed E-state index contributed by atoms with van der Waals surface area (Å²) >= 11 is 0. The molecule has 0 N–H and O–H groups in total. The van der Waals surface area contributed by atoms with Gasteiger partial charge in [0.2, 0.25) is 0 Å². The Hall–Kier alpha value is -2.54. The van der Waals surface area contributed by atoms with Crippen molar-refractivity contribution in [1.29, 1.82) is 0 Å². The minimum absolute atomic E-state index is 1.00. The Morgan fingerprint density at radius 3 is 2.41 bits per heavy atom. The molecule has 2 aromatic carbocycles. The number of hydrogen-bond donors (Lipinski definition) is 0. The van der Waals surface area contributed by atoms with E-state index in [-0.39, 0.29) is 0 Å². The van der Waals surface area contributed by atoms with Crippen molar-refractivity contribution in [3.63, 3.8) is 0 Å². The molecular formula is C21H23N. The number of anilines is 2. The van der Waals surface area contributed by atoms with Gasteiger partial charge in [-0.15, -0.1) is 0 Å². The zero-order valence-electron chi connectivity index (χ0n) is 13.4. The van der Waals surface area contributed by atoms with Crippen LogP contribution in [0.15, 0.2) is 91.2 Å². The number of benzene rings is 2. The van der Waals surface area contributed by atoms with Gasteiger partial charge in [-0.2, -0.15) is 0 Å². The Morgan fingerprint density at radius 2 is 1.77 bits per heavy atom. The van der Waals surface area contributed by atoms with E-state index in [0.717, 1.165) is 23.5 Å². The number of para-hydroxylation sites is 1. The zero-order chi connectivity index (χ0) is 15.8. The molecule has 0 amide bonds. The maximum atomic E-state index is 3.86. The summed E-state index contributed by atoms with van der Waals surface area (Å²) in [6, 6.07) is 19.0. The largest absolute Gasteiger partial charge is 0.311 e. The van der Waals surface area contributed by atoms with Crippen LogP contribution in [-0.2, 0) is 0 Å². The molecule has 1 nitrogen and oxygen atoms in total. The summed E-state index contributed by atoms with van der Waals surface area (Å²) in [5, 5.41) is 0. The molecule has 0 fully saturated rings. The Labute approximate surface area is 133 Å². The molecular weight excluding hydrogens is 266 g/mol. The molecule has 0 spiro atoms. The normalized spacial score (nSPS) is 11.6. The minimum Gasteiger partial charge on any atom is -0.311 e. The topological polar surface area (TPSA) is 3.24 Å². The van der Waals surface area contributed by atoms with Crippen LogP contribution in [0.1, 0.15) is 18.9 Å². The van der Waals surface area contributed by atoms with Crippen LogP contribution in [0.25, 0.3) is 0 Å². The van der Waals surface area contributed by atoms with Crippen LogP contribution in [-0.4, -0.2) is 0 Å². The predicted molar refractivity (Wildman–Crippen MR) is 97.5 cm³/mol. The third-order valence-corrected chi connectivity index (χ3v) is 3.35. The first-order chi connectivity index (χ1) is 10.8. The molecule has 0 aliphatic rings. The first-order valence-electron chi connectivity index (χ1n) is 7.67. The van der Waals surface area contributed by atoms with Gasteiger partial charge in [0.1, 0.15) is 0 Å². The average molecular weight is 289 g/mol. The van der Waals surface area contributed by atoms with Crippen LogP contribution >= 0.6 is 0 Å². The fraction of sp³-hybridized carbons (Fsp3) is 0.143. The van der Waals surface area contributed by atoms with E-state index in [9.17, 15) is 0 Å². The van der Waals surface area contributed by atoms with E-state index in [1.165, 1.54) is 5.56 Å². The van der Waals surface area contributed by atoms with Gasteiger partial charge in [-0.25, -0.2) is 0 Å². The van der Waals surface area contributed by atoms with Gasteiger partial charge in [0.05, 0.1) is 0 Å². The number of rotatable bonds is 6. The second kappa shape index (κ2) is 8.04. The summed E-state index contributed by atoms with van der Waals surface area (Å²) in [6.45, 7) is 8.12. The van der Waals surface area contributed by atoms with Crippen molar-refractivity contribution in [3.8, 4) is 0 Å². The summed E-state index contributed by atoms with van der Waals surface area (Å²) in [5.74, 6) is 0. The van der Waals surface area contributed by atoms with Gasteiger partial charge in [-0.05, 0) is 55.3 Å². The highest BCUT2D eigenvalue weighted by Gasteiger charge is 2.12. The summed E-state index contributed by atoms with van der Waals surface area (Å²) in [5.41, 5.74) is 4.64. The van der Waals surface area contributed by atoms with Crippen molar-refractivity contribution in [2.45, 2.75) is 20.3 Å². The quantitative estimate of drug-likeness (QED) is 0.575. The van der Waals surface area contributed by atoms with Crippen LogP contribution in [0.2, 0.25) is 0 Å². The van der Waals surface area contributed by atoms with E-state index < -0.39 is 0 Å². The van der Waals surface area contributed by atoms with Crippen LogP contribution in [0.3, 0.4) is 0 Å². The molecule has 0 aliphatic heterocycles. The van der Waals surface area contributed by atoms with Crippen LogP contribution in [0.5, 0.6) is 0 Å². The van der Waals surface area contributed by atoms with Crippen molar-refractivity contribution in [2.24, 2.45) is 0 Å². The maximum Gasteiger partial charge on any atom is 0.0464 e. The van der Waals surface area contributed by atoms with Gasteiger partial charge >= 0.3 is 0 Å². The predicted octanol–water partition coefficient (Wildman–Crippen LogP) is 6.17. The molecule has 0 saturated heterocycles. The molecule has 2 rings (SSSR count). The van der Waals surface area contributed by atoms with Crippen molar-refractivity contribution in [2.75, 3.05) is 4.90 Å². The van der Waals surface area contributed by atoms with E-state index in [1.807, 2.05) is 18.2 Å². The molecule has 0 aromatic heterocycles. The van der Waals surface area contributed by atoms with Gasteiger partial charge in [0.25, 0.3) is 0 Å². The number of aryl methyl sites for hydroxylation is 1. The number of hydrogen-bond acceptors (Lipinski definition) is 1. The van der Waals surface area contributed by atoms with Gasteiger partial charge in [0, 0.05) is 17.1 Å². The fourth-order valence-electron chi connectivity index (χ4n) is 2.36. The second-order valence-corrected chi connectivity index (χ2v) is 5.15. The average Bonchev–Trinajstić information content (AvgIpc) is 2.54. The van der Waals surface area contributed by atoms with E-state index in [4.69, 9.17) is 0 Å². The van der Waals surface area contributed by atoms with Crippen LogP contribution in [0.4, 0.5) is 11.4 Å². The van der Waals surface area contributed by atoms with Crippen LogP contribution in [0, 0.1) is 6.92 Å². The smallest absolute Gasteiger partial charge is 0.0464 e. The lowest BCUT2D eigenvalue weighted by atomic mass is 10.1. The Balaban J connectivity index is 2.56. The lowest BCUT2D eigenvalue weighted by molar-refractivity contribution is 1.17. The number of nitrogens with zero attached hydrogens (tertiary/aromatic N) is 1. The molecule has 0 saturated carbocycles. The summed E-state index contributed by atoms with van der Waals surface area (Å²) < 4.78 is 0. The van der Waals surface area contributed by atoms with E-state index in [0.29, 0.717) is 0 Å². The molecule has 2 aromatic rings. The summed E-state index contributed by atoms with van der Waals surface area (Å²) in [4.78, 5) is 2.25. The van der Waals surface area contributed by atoms with E-state index in [2.05, 4.69) is 86.0 Å². The summed E-state index contributed by atoms with van der Waals surface area (Å²) in [7, 11) is 0. The van der Waals surface area contributed by atoms with Gasteiger partial charge in [0.15, 0.2) is 0 Å². The highest BCUT2D eigenvalue weighted by atomic mass is 15.1. The lowest BCUT2D eigenvalue weighted by Crippen LogP contribution is -2.15.